The molecule has 0 unspecified atom stereocenters. The molecule has 31 heavy (non-hydrogen) atoms. The molecule has 1 amide bonds. The molecule has 0 aliphatic carbocycles. The van der Waals surface area contributed by atoms with Crippen LogP contribution in [-0.2, 0) is 22.4 Å². The van der Waals surface area contributed by atoms with Crippen LogP contribution in [0.3, 0.4) is 0 Å². The monoisotopic (exact) mass is 440 g/mol. The predicted octanol–water partition coefficient (Wildman–Crippen LogP) is 3.31. The van der Waals surface area contributed by atoms with Gasteiger partial charge < -0.3 is 14.8 Å². The zero-order valence-electron chi connectivity index (χ0n) is 17.9. The second-order valence-electron chi connectivity index (χ2n) is 6.78. The van der Waals surface area contributed by atoms with E-state index in [2.05, 4.69) is 27.6 Å². The molecule has 7 nitrogen and oxygen atoms in total. The second-order valence-corrected chi connectivity index (χ2v) is 7.72. The van der Waals surface area contributed by atoms with Crippen molar-refractivity contribution in [2.24, 2.45) is 0 Å². The highest BCUT2D eigenvalue weighted by Crippen LogP contribution is 2.24. The molecule has 1 N–H and O–H groups in total. The van der Waals surface area contributed by atoms with Crippen molar-refractivity contribution in [3.05, 3.63) is 66.0 Å². The normalized spacial score (nSPS) is 10.8. The fourth-order valence-corrected chi connectivity index (χ4v) is 3.85. The van der Waals surface area contributed by atoms with Gasteiger partial charge >= 0.3 is 0 Å². The minimum Gasteiger partial charge on any atom is -0.494 e. The molecule has 1 aromatic heterocycles. The first-order valence-electron chi connectivity index (χ1n) is 10.3. The third kappa shape index (κ3) is 6.83. The number of hydrogen-bond donors (Lipinski definition) is 1. The Morgan fingerprint density at radius 2 is 1.84 bits per heavy atom. The zero-order valence-corrected chi connectivity index (χ0v) is 18.7. The molecule has 0 fully saturated rings. The van der Waals surface area contributed by atoms with E-state index in [-0.39, 0.29) is 11.7 Å². The average molecular weight is 441 g/mol. The fraction of sp³-hybridized carbons (Fsp3) is 0.348. The summed E-state index contributed by atoms with van der Waals surface area (Å²) in [6.45, 7) is 3.56. The molecule has 0 aliphatic rings. The molecular formula is C23H28N4O3S. The van der Waals surface area contributed by atoms with Crippen LogP contribution < -0.4 is 10.1 Å². The number of nitrogens with zero attached hydrogens (tertiary/aromatic N) is 3. The molecule has 0 radical (unpaired) electrons. The molecule has 0 bridgehead atoms. The molecule has 0 spiro atoms. The quantitative estimate of drug-likeness (QED) is 0.344. The largest absolute Gasteiger partial charge is 0.494 e. The number of ether oxygens (including phenoxy) is 2. The van der Waals surface area contributed by atoms with Crippen molar-refractivity contribution in [1.29, 1.82) is 0 Å². The number of carbonyl (C=O) groups is 1. The molecular weight excluding hydrogens is 412 g/mol. The number of aryl methyl sites for hydroxylation is 2. The van der Waals surface area contributed by atoms with E-state index in [1.54, 1.807) is 7.11 Å². The van der Waals surface area contributed by atoms with Gasteiger partial charge in [-0.25, -0.2) is 0 Å². The van der Waals surface area contributed by atoms with Crippen LogP contribution in [0.25, 0.3) is 5.69 Å². The van der Waals surface area contributed by atoms with Crippen LogP contribution in [0.5, 0.6) is 5.75 Å². The summed E-state index contributed by atoms with van der Waals surface area (Å²) in [5, 5.41) is 12.3. The van der Waals surface area contributed by atoms with Crippen molar-refractivity contribution in [2.45, 2.75) is 24.9 Å². The lowest BCUT2D eigenvalue weighted by Gasteiger charge is -2.11. The lowest BCUT2D eigenvalue weighted by molar-refractivity contribution is -0.118. The van der Waals surface area contributed by atoms with Gasteiger partial charge in [0.05, 0.1) is 19.0 Å². The van der Waals surface area contributed by atoms with E-state index in [0.29, 0.717) is 24.9 Å². The molecule has 0 atom stereocenters. The molecule has 2 aromatic carbocycles. The van der Waals surface area contributed by atoms with Gasteiger partial charge in [0.1, 0.15) is 11.6 Å². The standard InChI is InChI=1S/C23H28N4O3S/c1-3-30-20-12-10-19(11-13-20)27-21(14-9-18-7-5-4-6-8-18)25-26-23(27)31-17-22(28)24-15-16-29-2/h4-8,10-13H,3,9,14-17H2,1-2H3,(H,24,28). The van der Waals surface area contributed by atoms with Crippen molar-refractivity contribution in [3.8, 4) is 11.4 Å². The van der Waals surface area contributed by atoms with E-state index in [1.807, 2.05) is 54.0 Å². The maximum atomic E-state index is 12.1. The summed E-state index contributed by atoms with van der Waals surface area (Å²) < 4.78 is 12.5. The number of thioether (sulfide) groups is 1. The number of methoxy groups -OCH3 is 1. The van der Waals surface area contributed by atoms with E-state index in [0.717, 1.165) is 30.1 Å². The van der Waals surface area contributed by atoms with Crippen molar-refractivity contribution >= 4 is 17.7 Å². The highest BCUT2D eigenvalue weighted by molar-refractivity contribution is 7.99. The number of rotatable bonds is 12. The third-order valence-corrected chi connectivity index (χ3v) is 5.48. The average Bonchev–Trinajstić information content (AvgIpc) is 3.21. The molecule has 3 aromatic rings. The number of carbonyl (C=O) groups excluding carboxylic acids is 1. The van der Waals surface area contributed by atoms with Gasteiger partial charge in [0, 0.05) is 25.8 Å². The highest BCUT2D eigenvalue weighted by atomic mass is 32.2. The Morgan fingerprint density at radius 3 is 2.55 bits per heavy atom. The van der Waals surface area contributed by atoms with Gasteiger partial charge in [-0.1, -0.05) is 42.1 Å². The first kappa shape index (κ1) is 22.8. The van der Waals surface area contributed by atoms with Crippen LogP contribution >= 0.6 is 11.8 Å². The SMILES string of the molecule is CCOc1ccc(-n2c(CCc3ccccc3)nnc2SCC(=O)NCCOC)cc1. The van der Waals surface area contributed by atoms with Crippen molar-refractivity contribution in [3.63, 3.8) is 0 Å². The van der Waals surface area contributed by atoms with E-state index in [4.69, 9.17) is 9.47 Å². The van der Waals surface area contributed by atoms with E-state index >= 15 is 0 Å². The Balaban J connectivity index is 1.77. The molecule has 3 rings (SSSR count). The van der Waals surface area contributed by atoms with Gasteiger partial charge in [-0.2, -0.15) is 0 Å². The predicted molar refractivity (Wildman–Crippen MR) is 122 cm³/mol. The number of aromatic nitrogens is 3. The summed E-state index contributed by atoms with van der Waals surface area (Å²) in [5.74, 6) is 1.87. The van der Waals surface area contributed by atoms with Crippen LogP contribution in [0.2, 0.25) is 0 Å². The molecule has 1 heterocycles. The topological polar surface area (TPSA) is 78.3 Å². The number of benzene rings is 2. The van der Waals surface area contributed by atoms with Crippen molar-refractivity contribution in [2.75, 3.05) is 32.6 Å². The Hall–Kier alpha value is -2.84. The molecule has 0 saturated carbocycles. The lowest BCUT2D eigenvalue weighted by atomic mass is 10.1. The summed E-state index contributed by atoms with van der Waals surface area (Å²) in [7, 11) is 1.61. The lowest BCUT2D eigenvalue weighted by Crippen LogP contribution is -2.28. The third-order valence-electron chi connectivity index (χ3n) is 4.55. The summed E-state index contributed by atoms with van der Waals surface area (Å²) in [4.78, 5) is 12.1. The Labute approximate surface area is 187 Å². The van der Waals surface area contributed by atoms with Gasteiger partial charge in [0.2, 0.25) is 5.91 Å². The van der Waals surface area contributed by atoms with E-state index < -0.39 is 0 Å². The molecule has 0 aliphatic heterocycles. The maximum absolute atomic E-state index is 12.1. The Morgan fingerprint density at radius 1 is 1.06 bits per heavy atom. The highest BCUT2D eigenvalue weighted by Gasteiger charge is 2.16. The van der Waals surface area contributed by atoms with Crippen LogP contribution in [0.1, 0.15) is 18.3 Å². The van der Waals surface area contributed by atoms with Gasteiger partial charge in [-0.15, -0.1) is 10.2 Å². The van der Waals surface area contributed by atoms with Crippen molar-refractivity contribution in [1.82, 2.24) is 20.1 Å². The van der Waals surface area contributed by atoms with E-state index in [9.17, 15) is 4.79 Å². The fourth-order valence-electron chi connectivity index (χ4n) is 3.05. The van der Waals surface area contributed by atoms with Gasteiger partial charge in [0.25, 0.3) is 0 Å². The first-order valence-corrected chi connectivity index (χ1v) is 11.3. The maximum Gasteiger partial charge on any atom is 0.230 e. The van der Waals surface area contributed by atoms with Gasteiger partial charge in [0.15, 0.2) is 5.16 Å². The van der Waals surface area contributed by atoms with Gasteiger partial charge in [-0.3, -0.25) is 9.36 Å². The Bertz CT molecular complexity index is 945. The second kappa shape index (κ2) is 12.1. The van der Waals surface area contributed by atoms with Gasteiger partial charge in [-0.05, 0) is 43.2 Å². The summed E-state index contributed by atoms with van der Waals surface area (Å²) in [5.41, 5.74) is 2.19. The minimum absolute atomic E-state index is 0.0610. The van der Waals surface area contributed by atoms with Crippen LogP contribution in [0.15, 0.2) is 59.8 Å². The minimum atomic E-state index is -0.0610. The number of amides is 1. The summed E-state index contributed by atoms with van der Waals surface area (Å²) in [6, 6.07) is 18.2. The number of hydrogen-bond acceptors (Lipinski definition) is 6. The molecule has 164 valence electrons. The Kier molecular flexibility index (Phi) is 8.93. The number of nitrogens with one attached hydrogen (secondary N) is 1. The zero-order chi connectivity index (χ0) is 21.9. The van der Waals surface area contributed by atoms with E-state index in [1.165, 1.54) is 17.3 Å². The van der Waals surface area contributed by atoms with Crippen LogP contribution in [0.4, 0.5) is 0 Å². The molecule has 8 heteroatoms. The summed E-state index contributed by atoms with van der Waals surface area (Å²) in [6.07, 6.45) is 1.60. The molecule has 0 saturated heterocycles. The van der Waals surface area contributed by atoms with Crippen molar-refractivity contribution < 1.29 is 14.3 Å². The summed E-state index contributed by atoms with van der Waals surface area (Å²) >= 11 is 1.37. The smallest absolute Gasteiger partial charge is 0.230 e. The first-order chi connectivity index (χ1) is 15.2. The van der Waals surface area contributed by atoms with Crippen LogP contribution in [-0.4, -0.2) is 53.3 Å². The van der Waals surface area contributed by atoms with Crippen LogP contribution in [0, 0.1) is 0 Å².